The summed E-state index contributed by atoms with van der Waals surface area (Å²) in [5, 5.41) is 5.47. The SMILES string of the molecule is C[C@]1(NC(=O)CN2CCN(CC(=O)Nc3ccc(OC(F)(F)F)cc3)CC2)CCS(=O)(=O)C1. The molecule has 2 aliphatic rings. The second-order valence-electron chi connectivity index (χ2n) is 8.62. The van der Waals surface area contributed by atoms with Crippen molar-refractivity contribution in [2.24, 2.45) is 0 Å². The number of halogens is 3. The number of nitrogens with one attached hydrogen (secondary N) is 2. The third-order valence-electron chi connectivity index (χ3n) is 5.52. The first kappa shape index (κ1) is 25.2. The van der Waals surface area contributed by atoms with E-state index in [0.717, 1.165) is 12.1 Å². The van der Waals surface area contributed by atoms with Crippen molar-refractivity contribution in [3.63, 3.8) is 0 Å². The minimum Gasteiger partial charge on any atom is -0.406 e. The first-order valence-electron chi connectivity index (χ1n) is 10.4. The number of carbonyl (C=O) groups excluding carboxylic acids is 2. The fourth-order valence-electron chi connectivity index (χ4n) is 3.94. The molecule has 13 heteroatoms. The predicted molar refractivity (Wildman–Crippen MR) is 114 cm³/mol. The maximum atomic E-state index is 12.3. The van der Waals surface area contributed by atoms with Gasteiger partial charge in [0.2, 0.25) is 11.8 Å². The van der Waals surface area contributed by atoms with Crippen LogP contribution < -0.4 is 15.4 Å². The molecule has 0 bridgehead atoms. The van der Waals surface area contributed by atoms with Gasteiger partial charge in [0.15, 0.2) is 9.84 Å². The van der Waals surface area contributed by atoms with Gasteiger partial charge in [-0.1, -0.05) is 0 Å². The molecule has 2 amide bonds. The molecule has 2 aliphatic heterocycles. The van der Waals surface area contributed by atoms with E-state index in [1.165, 1.54) is 12.1 Å². The van der Waals surface area contributed by atoms with Gasteiger partial charge in [-0.3, -0.25) is 19.4 Å². The van der Waals surface area contributed by atoms with Crippen LogP contribution in [0.15, 0.2) is 24.3 Å². The summed E-state index contributed by atoms with van der Waals surface area (Å²) in [5.41, 5.74) is -0.375. The zero-order valence-electron chi connectivity index (χ0n) is 18.2. The Labute approximate surface area is 190 Å². The second-order valence-corrected chi connectivity index (χ2v) is 10.8. The van der Waals surface area contributed by atoms with Gasteiger partial charge in [0.25, 0.3) is 0 Å². The third-order valence-corrected chi connectivity index (χ3v) is 7.42. The van der Waals surface area contributed by atoms with Crippen LogP contribution in [0.3, 0.4) is 0 Å². The molecule has 1 aromatic rings. The van der Waals surface area contributed by atoms with Gasteiger partial charge >= 0.3 is 6.36 Å². The molecule has 33 heavy (non-hydrogen) atoms. The molecule has 0 spiro atoms. The molecule has 9 nitrogen and oxygen atoms in total. The van der Waals surface area contributed by atoms with Gasteiger partial charge in [-0.15, -0.1) is 13.2 Å². The van der Waals surface area contributed by atoms with E-state index in [0.29, 0.717) is 38.3 Å². The Morgan fingerprint density at radius 1 is 1.03 bits per heavy atom. The summed E-state index contributed by atoms with van der Waals surface area (Å²) in [6.07, 6.45) is -4.37. The van der Waals surface area contributed by atoms with E-state index in [1.807, 2.05) is 9.80 Å². The Balaban J connectivity index is 1.37. The zero-order chi connectivity index (χ0) is 24.3. The molecular formula is C20H27F3N4O5S. The first-order chi connectivity index (χ1) is 15.3. The van der Waals surface area contributed by atoms with Gasteiger partial charge in [-0.25, -0.2) is 8.42 Å². The molecule has 2 saturated heterocycles. The lowest BCUT2D eigenvalue weighted by atomic mass is 10.0. The molecule has 3 rings (SSSR count). The molecule has 0 saturated carbocycles. The van der Waals surface area contributed by atoms with Crippen LogP contribution in [-0.2, 0) is 19.4 Å². The maximum Gasteiger partial charge on any atom is 0.573 e. The molecule has 184 valence electrons. The lowest BCUT2D eigenvalue weighted by Gasteiger charge is -2.34. The van der Waals surface area contributed by atoms with Crippen molar-refractivity contribution >= 4 is 27.3 Å². The number of ether oxygens (including phenoxy) is 1. The maximum absolute atomic E-state index is 12.3. The van der Waals surface area contributed by atoms with E-state index in [-0.39, 0.29) is 42.2 Å². The number of amides is 2. The topological polar surface area (TPSA) is 108 Å². The quantitative estimate of drug-likeness (QED) is 0.581. The molecule has 0 unspecified atom stereocenters. The van der Waals surface area contributed by atoms with Gasteiger partial charge in [0, 0.05) is 31.9 Å². The van der Waals surface area contributed by atoms with E-state index in [4.69, 9.17) is 0 Å². The normalized spacial score (nSPS) is 23.8. The molecule has 2 fully saturated rings. The average molecular weight is 493 g/mol. The zero-order valence-corrected chi connectivity index (χ0v) is 19.0. The van der Waals surface area contributed by atoms with E-state index in [9.17, 15) is 31.2 Å². The molecular weight excluding hydrogens is 465 g/mol. The predicted octanol–water partition coefficient (Wildman–Crippen LogP) is 0.835. The van der Waals surface area contributed by atoms with Crippen LogP contribution in [0.2, 0.25) is 0 Å². The van der Waals surface area contributed by atoms with Gasteiger partial charge < -0.3 is 15.4 Å². The lowest BCUT2D eigenvalue weighted by Crippen LogP contribution is -2.54. The van der Waals surface area contributed by atoms with Crippen LogP contribution in [0.1, 0.15) is 13.3 Å². The number of anilines is 1. The monoisotopic (exact) mass is 492 g/mol. The Bertz CT molecular complexity index is 963. The van der Waals surface area contributed by atoms with Crippen molar-refractivity contribution in [2.75, 3.05) is 56.1 Å². The average Bonchev–Trinajstić information content (AvgIpc) is 2.96. The number of benzene rings is 1. The molecule has 0 aromatic heterocycles. The van der Waals surface area contributed by atoms with Gasteiger partial charge in [-0.05, 0) is 37.6 Å². The summed E-state index contributed by atoms with van der Waals surface area (Å²) < 4.78 is 63.7. The van der Waals surface area contributed by atoms with Crippen molar-refractivity contribution in [1.29, 1.82) is 0 Å². The molecule has 2 N–H and O–H groups in total. The third kappa shape index (κ3) is 8.16. The highest BCUT2D eigenvalue weighted by molar-refractivity contribution is 7.91. The Kier molecular flexibility index (Phi) is 7.54. The van der Waals surface area contributed by atoms with E-state index >= 15 is 0 Å². The first-order valence-corrected chi connectivity index (χ1v) is 12.2. The number of hydrogen-bond donors (Lipinski definition) is 2. The van der Waals surface area contributed by atoms with Crippen LogP contribution >= 0.6 is 0 Å². The van der Waals surface area contributed by atoms with Crippen LogP contribution in [0, 0.1) is 0 Å². The minimum atomic E-state index is -4.78. The van der Waals surface area contributed by atoms with Crippen LogP contribution in [-0.4, -0.2) is 92.7 Å². The summed E-state index contributed by atoms with van der Waals surface area (Å²) in [7, 11) is -3.11. The van der Waals surface area contributed by atoms with Crippen molar-refractivity contribution in [3.05, 3.63) is 24.3 Å². The summed E-state index contributed by atoms with van der Waals surface area (Å²) in [4.78, 5) is 28.4. The van der Waals surface area contributed by atoms with E-state index < -0.39 is 21.7 Å². The van der Waals surface area contributed by atoms with Gasteiger partial charge in [-0.2, -0.15) is 0 Å². The molecule has 1 atom stereocenters. The number of piperazine rings is 1. The number of rotatable bonds is 7. The Morgan fingerprint density at radius 3 is 2.06 bits per heavy atom. The number of sulfone groups is 1. The van der Waals surface area contributed by atoms with E-state index in [1.54, 1.807) is 6.92 Å². The summed E-state index contributed by atoms with van der Waals surface area (Å²) in [6.45, 7) is 4.26. The fraction of sp³-hybridized carbons (Fsp3) is 0.600. The highest BCUT2D eigenvalue weighted by Gasteiger charge is 2.39. The second kappa shape index (κ2) is 9.85. The fourth-order valence-corrected chi connectivity index (χ4v) is 6.03. The highest BCUT2D eigenvalue weighted by Crippen LogP contribution is 2.24. The number of carbonyl (C=O) groups is 2. The summed E-state index contributed by atoms with van der Waals surface area (Å²) in [6, 6.07) is 4.89. The van der Waals surface area contributed by atoms with Gasteiger partial charge in [0.1, 0.15) is 5.75 Å². The van der Waals surface area contributed by atoms with Crippen molar-refractivity contribution < 1.29 is 35.9 Å². The molecule has 1 aromatic carbocycles. The number of hydrogen-bond acceptors (Lipinski definition) is 7. The van der Waals surface area contributed by atoms with Crippen LogP contribution in [0.25, 0.3) is 0 Å². The number of nitrogens with zero attached hydrogens (tertiary/aromatic N) is 2. The Hall–Kier alpha value is -2.38. The van der Waals surface area contributed by atoms with Crippen molar-refractivity contribution in [3.8, 4) is 5.75 Å². The van der Waals surface area contributed by atoms with Crippen molar-refractivity contribution in [2.45, 2.75) is 25.2 Å². The van der Waals surface area contributed by atoms with Crippen molar-refractivity contribution in [1.82, 2.24) is 15.1 Å². The summed E-state index contributed by atoms with van der Waals surface area (Å²) >= 11 is 0. The van der Waals surface area contributed by atoms with Gasteiger partial charge in [0.05, 0.1) is 30.1 Å². The Morgan fingerprint density at radius 2 is 1.58 bits per heavy atom. The molecule has 0 aliphatic carbocycles. The minimum absolute atomic E-state index is 0.0489. The highest BCUT2D eigenvalue weighted by atomic mass is 32.2. The van der Waals surface area contributed by atoms with Crippen LogP contribution in [0.5, 0.6) is 5.75 Å². The molecule has 0 radical (unpaired) electrons. The lowest BCUT2D eigenvalue weighted by molar-refractivity contribution is -0.274. The summed E-state index contributed by atoms with van der Waals surface area (Å²) in [5.74, 6) is -0.869. The standard InChI is InChI=1S/C20H27F3N4O5S/c1-19(6-11-33(30,31)14-19)25-18(29)13-27-9-7-26(8-10-27)12-17(28)24-15-2-4-16(5-3-15)32-20(21,22)23/h2-5H,6-14H2,1H3,(H,24,28)(H,25,29)/t19-/m0/s1. The molecule has 2 heterocycles. The van der Waals surface area contributed by atoms with Crippen LogP contribution in [0.4, 0.5) is 18.9 Å². The smallest absolute Gasteiger partial charge is 0.406 e. The van der Waals surface area contributed by atoms with E-state index in [2.05, 4.69) is 15.4 Å². The largest absolute Gasteiger partial charge is 0.573 e. The number of alkyl halides is 3.